The number of ether oxygens (including phenoxy) is 2. The molecule has 11 heteroatoms. The number of aromatic nitrogens is 1. The number of nitrogens with zero attached hydrogens (tertiary/aromatic N) is 1. The first kappa shape index (κ1) is 27.9. The fourth-order valence-corrected chi connectivity index (χ4v) is 3.04. The van der Waals surface area contributed by atoms with Crippen molar-refractivity contribution in [3.05, 3.63) is 59.7 Å². The summed E-state index contributed by atoms with van der Waals surface area (Å²) in [6.07, 6.45) is 2.15. The summed E-state index contributed by atoms with van der Waals surface area (Å²) in [5.41, 5.74) is -0.330. The largest absolute Gasteiger partial charge is 0.485 e. The van der Waals surface area contributed by atoms with Crippen molar-refractivity contribution < 1.29 is 37.3 Å². The summed E-state index contributed by atoms with van der Waals surface area (Å²) in [5, 5.41) is 15.9. The van der Waals surface area contributed by atoms with Gasteiger partial charge in [0.05, 0.1) is 6.04 Å². The highest BCUT2D eigenvalue weighted by atomic mass is 19.2. The maximum atomic E-state index is 13.9. The second-order valence-corrected chi connectivity index (χ2v) is 8.79. The molecule has 0 radical (unpaired) electrons. The molecule has 8 nitrogen and oxygen atoms in total. The number of halogens is 3. The number of pyridine rings is 1. The molecule has 0 spiro atoms. The van der Waals surface area contributed by atoms with Crippen molar-refractivity contribution >= 4 is 12.0 Å². The standard InChI is InChI=1S/C24H30F3N3O5/c1-24(2,3)35-23(33)29-11-5-4-6-18(30-22(32)15-9-12-28-13-10-15)19(31)14-34-21-17(26)8-7-16(25)20(21)27/h7-10,12-13,18-19,31H,4-6,11,14H2,1-3H3,(H,29,33)(H,30,32)/t18-,19?/m0/s1. The number of alkyl carbamates (subject to hydrolysis) is 1. The highest BCUT2D eigenvalue weighted by molar-refractivity contribution is 5.94. The Hall–Kier alpha value is -3.34. The van der Waals surface area contributed by atoms with Crippen LogP contribution in [0, 0.1) is 17.5 Å². The molecule has 2 aromatic rings. The summed E-state index contributed by atoms with van der Waals surface area (Å²) in [4.78, 5) is 28.1. The second kappa shape index (κ2) is 12.9. The maximum absolute atomic E-state index is 13.9. The van der Waals surface area contributed by atoms with Crippen LogP contribution in [-0.4, -0.2) is 53.0 Å². The van der Waals surface area contributed by atoms with Crippen LogP contribution >= 0.6 is 0 Å². The van der Waals surface area contributed by atoms with Gasteiger partial charge in [0.2, 0.25) is 5.82 Å². The molecular formula is C24H30F3N3O5. The topological polar surface area (TPSA) is 110 Å². The van der Waals surface area contributed by atoms with E-state index in [1.165, 1.54) is 24.5 Å². The third kappa shape index (κ3) is 9.44. The van der Waals surface area contributed by atoms with Crippen molar-refractivity contribution in [2.24, 2.45) is 0 Å². The Balaban J connectivity index is 1.97. The molecule has 1 aromatic carbocycles. The van der Waals surface area contributed by atoms with Gasteiger partial charge in [-0.25, -0.2) is 13.6 Å². The van der Waals surface area contributed by atoms with E-state index in [1.54, 1.807) is 20.8 Å². The van der Waals surface area contributed by atoms with Crippen LogP contribution in [0.3, 0.4) is 0 Å². The van der Waals surface area contributed by atoms with Gasteiger partial charge >= 0.3 is 6.09 Å². The van der Waals surface area contributed by atoms with Crippen LogP contribution in [0.4, 0.5) is 18.0 Å². The molecule has 2 atom stereocenters. The molecule has 2 amide bonds. The van der Waals surface area contributed by atoms with Gasteiger partial charge in [-0.05, 0) is 64.3 Å². The minimum absolute atomic E-state index is 0.255. The fourth-order valence-electron chi connectivity index (χ4n) is 3.04. The number of carbonyl (C=O) groups excluding carboxylic acids is 2. The van der Waals surface area contributed by atoms with Crippen LogP contribution < -0.4 is 15.4 Å². The second-order valence-electron chi connectivity index (χ2n) is 8.79. The first-order valence-electron chi connectivity index (χ1n) is 11.1. The minimum Gasteiger partial charge on any atom is -0.485 e. The molecule has 0 fully saturated rings. The molecule has 1 unspecified atom stereocenters. The van der Waals surface area contributed by atoms with E-state index in [4.69, 9.17) is 9.47 Å². The number of hydrogen-bond acceptors (Lipinski definition) is 6. The lowest BCUT2D eigenvalue weighted by Gasteiger charge is -2.25. The monoisotopic (exact) mass is 497 g/mol. The maximum Gasteiger partial charge on any atom is 0.407 e. The van der Waals surface area contributed by atoms with Gasteiger partial charge in [0.15, 0.2) is 17.4 Å². The Morgan fingerprint density at radius 3 is 2.37 bits per heavy atom. The molecule has 1 aromatic heterocycles. The van der Waals surface area contributed by atoms with Crippen LogP contribution in [-0.2, 0) is 4.74 Å². The number of rotatable bonds is 11. The van der Waals surface area contributed by atoms with Gasteiger partial charge in [-0.1, -0.05) is 0 Å². The number of unbranched alkanes of at least 4 members (excludes halogenated alkanes) is 1. The normalized spacial score (nSPS) is 13.0. The summed E-state index contributed by atoms with van der Waals surface area (Å²) < 4.78 is 51.3. The summed E-state index contributed by atoms with van der Waals surface area (Å²) in [6, 6.07) is 3.43. The predicted octanol–water partition coefficient (Wildman–Crippen LogP) is 3.73. The van der Waals surface area contributed by atoms with Crippen LogP contribution in [0.5, 0.6) is 5.75 Å². The summed E-state index contributed by atoms with van der Waals surface area (Å²) in [5.74, 6) is -5.38. The van der Waals surface area contributed by atoms with Gasteiger partial charge in [0.1, 0.15) is 18.3 Å². The van der Waals surface area contributed by atoms with Gasteiger partial charge in [0, 0.05) is 24.5 Å². The fraction of sp³-hybridized carbons (Fsp3) is 0.458. The van der Waals surface area contributed by atoms with Gasteiger partial charge in [-0.3, -0.25) is 9.78 Å². The summed E-state index contributed by atoms with van der Waals surface area (Å²) >= 11 is 0. The first-order chi connectivity index (χ1) is 16.5. The van der Waals surface area contributed by atoms with E-state index in [9.17, 15) is 27.9 Å². The van der Waals surface area contributed by atoms with Crippen LogP contribution in [0.2, 0.25) is 0 Å². The van der Waals surface area contributed by atoms with E-state index in [1.807, 2.05) is 0 Å². The van der Waals surface area contributed by atoms with Crippen molar-refractivity contribution in [2.75, 3.05) is 13.2 Å². The Bertz CT molecular complexity index is 986. The van der Waals surface area contributed by atoms with Crippen molar-refractivity contribution in [3.8, 4) is 5.75 Å². The van der Waals surface area contributed by atoms with Crippen LogP contribution in [0.25, 0.3) is 0 Å². The minimum atomic E-state index is -1.51. The third-order valence-electron chi connectivity index (χ3n) is 4.73. The smallest absolute Gasteiger partial charge is 0.407 e. The highest BCUT2D eigenvalue weighted by Crippen LogP contribution is 2.24. The molecular weight excluding hydrogens is 467 g/mol. The zero-order valence-electron chi connectivity index (χ0n) is 19.8. The molecule has 3 N–H and O–H groups in total. The van der Waals surface area contributed by atoms with E-state index in [-0.39, 0.29) is 6.42 Å². The number of carbonyl (C=O) groups is 2. The predicted molar refractivity (Wildman–Crippen MR) is 121 cm³/mol. The molecule has 0 aliphatic carbocycles. The zero-order chi connectivity index (χ0) is 26.0. The molecule has 192 valence electrons. The van der Waals surface area contributed by atoms with Crippen molar-refractivity contribution in [1.82, 2.24) is 15.6 Å². The van der Waals surface area contributed by atoms with Gasteiger partial charge in [0.25, 0.3) is 5.91 Å². The van der Waals surface area contributed by atoms with Crippen molar-refractivity contribution in [3.63, 3.8) is 0 Å². The van der Waals surface area contributed by atoms with E-state index in [2.05, 4.69) is 15.6 Å². The van der Waals surface area contributed by atoms with Gasteiger partial charge < -0.3 is 25.2 Å². The lowest BCUT2D eigenvalue weighted by atomic mass is 10.0. The van der Waals surface area contributed by atoms with Gasteiger partial charge in [-0.15, -0.1) is 0 Å². The molecule has 0 saturated carbocycles. The molecule has 0 aliphatic rings. The number of aliphatic hydroxyl groups is 1. The average Bonchev–Trinajstić information content (AvgIpc) is 2.79. The Morgan fingerprint density at radius 2 is 1.71 bits per heavy atom. The number of benzene rings is 1. The molecule has 35 heavy (non-hydrogen) atoms. The van der Waals surface area contributed by atoms with Gasteiger partial charge in [-0.2, -0.15) is 4.39 Å². The molecule has 0 aliphatic heterocycles. The number of nitrogens with one attached hydrogen (secondary N) is 2. The average molecular weight is 498 g/mol. The number of hydrogen-bond donors (Lipinski definition) is 3. The third-order valence-corrected chi connectivity index (χ3v) is 4.73. The highest BCUT2D eigenvalue weighted by Gasteiger charge is 2.24. The van der Waals surface area contributed by atoms with Crippen molar-refractivity contribution in [1.29, 1.82) is 0 Å². The summed E-state index contributed by atoms with van der Waals surface area (Å²) in [6.45, 7) is 4.93. The van der Waals surface area contributed by atoms with E-state index < -0.39 is 59.6 Å². The zero-order valence-corrected chi connectivity index (χ0v) is 19.8. The van der Waals surface area contributed by atoms with Crippen molar-refractivity contribution in [2.45, 2.75) is 57.8 Å². The van der Waals surface area contributed by atoms with Crippen LogP contribution in [0.15, 0.2) is 36.7 Å². The SMILES string of the molecule is CC(C)(C)OC(=O)NCCCC[C@H](NC(=O)c1ccncc1)C(O)COc1c(F)ccc(F)c1F. The molecule has 0 saturated heterocycles. The number of aliphatic hydroxyl groups excluding tert-OH is 1. The summed E-state index contributed by atoms with van der Waals surface area (Å²) in [7, 11) is 0. The lowest BCUT2D eigenvalue weighted by molar-refractivity contribution is 0.0523. The van der Waals surface area contributed by atoms with Crippen LogP contribution in [0.1, 0.15) is 50.4 Å². The Morgan fingerprint density at radius 1 is 1.06 bits per heavy atom. The van der Waals surface area contributed by atoms with E-state index in [0.29, 0.717) is 37.1 Å². The molecule has 2 rings (SSSR count). The lowest BCUT2D eigenvalue weighted by Crippen LogP contribution is -2.46. The molecule has 0 bridgehead atoms. The Labute approximate surface area is 201 Å². The van der Waals surface area contributed by atoms with E-state index >= 15 is 0 Å². The van der Waals surface area contributed by atoms with E-state index in [0.717, 1.165) is 0 Å². The Kier molecular flexibility index (Phi) is 10.3. The first-order valence-corrected chi connectivity index (χ1v) is 11.1. The number of amides is 2. The quantitative estimate of drug-likeness (QED) is 0.322. The molecule has 1 heterocycles.